The summed E-state index contributed by atoms with van der Waals surface area (Å²) in [5.41, 5.74) is 1.52. The van der Waals surface area contributed by atoms with Crippen molar-refractivity contribution in [3.05, 3.63) is 59.3 Å². The molecular formula is C13H12FNO3. The maximum Gasteiger partial charge on any atom is 0.372 e. The molecular weight excluding hydrogens is 237 g/mol. The number of benzene rings is 1. The topological polar surface area (TPSA) is 62.5 Å². The smallest absolute Gasteiger partial charge is 0.372 e. The Labute approximate surface area is 103 Å². The Morgan fingerprint density at radius 1 is 1.22 bits per heavy atom. The van der Waals surface area contributed by atoms with Crippen molar-refractivity contribution in [3.8, 4) is 0 Å². The van der Waals surface area contributed by atoms with Crippen molar-refractivity contribution in [1.29, 1.82) is 0 Å². The summed E-state index contributed by atoms with van der Waals surface area (Å²) in [5.74, 6) is -1.41. The van der Waals surface area contributed by atoms with Crippen molar-refractivity contribution < 1.29 is 18.7 Å². The maximum atomic E-state index is 12.7. The SMILES string of the molecule is O=C(O)c1occc1CNCc1ccc(F)cc1. The molecule has 0 aliphatic rings. The van der Waals surface area contributed by atoms with E-state index < -0.39 is 5.97 Å². The molecule has 2 rings (SSSR count). The van der Waals surface area contributed by atoms with Crippen LogP contribution >= 0.6 is 0 Å². The van der Waals surface area contributed by atoms with E-state index in [-0.39, 0.29) is 11.6 Å². The Hall–Kier alpha value is -2.14. The third kappa shape index (κ3) is 2.95. The van der Waals surface area contributed by atoms with Gasteiger partial charge in [-0.2, -0.15) is 0 Å². The average molecular weight is 249 g/mol. The molecule has 1 aromatic carbocycles. The van der Waals surface area contributed by atoms with Crippen LogP contribution in [0.2, 0.25) is 0 Å². The molecule has 0 aliphatic heterocycles. The number of rotatable bonds is 5. The standard InChI is InChI=1S/C13H12FNO3/c14-11-3-1-9(2-4-11)7-15-8-10-5-6-18-12(10)13(16)17/h1-6,15H,7-8H2,(H,16,17). The van der Waals surface area contributed by atoms with Crippen LogP contribution < -0.4 is 5.32 Å². The Kier molecular flexibility index (Phi) is 3.74. The van der Waals surface area contributed by atoms with Crippen LogP contribution in [0.3, 0.4) is 0 Å². The minimum Gasteiger partial charge on any atom is -0.475 e. The molecule has 4 nitrogen and oxygen atoms in total. The summed E-state index contributed by atoms with van der Waals surface area (Å²) in [5, 5.41) is 11.9. The average Bonchev–Trinajstić information content (AvgIpc) is 2.80. The van der Waals surface area contributed by atoms with Gasteiger partial charge in [0, 0.05) is 18.7 Å². The largest absolute Gasteiger partial charge is 0.475 e. The summed E-state index contributed by atoms with van der Waals surface area (Å²) in [4.78, 5) is 10.8. The first-order valence-corrected chi connectivity index (χ1v) is 5.41. The van der Waals surface area contributed by atoms with Gasteiger partial charge in [0.2, 0.25) is 5.76 Å². The molecule has 0 unspecified atom stereocenters. The molecule has 0 saturated carbocycles. The number of carbonyl (C=O) groups is 1. The number of hydrogen-bond donors (Lipinski definition) is 2. The van der Waals surface area contributed by atoms with Crippen LogP contribution in [0.4, 0.5) is 4.39 Å². The highest BCUT2D eigenvalue weighted by molar-refractivity contribution is 5.86. The molecule has 0 fully saturated rings. The van der Waals surface area contributed by atoms with Gasteiger partial charge in [-0.1, -0.05) is 12.1 Å². The van der Waals surface area contributed by atoms with Crippen LogP contribution in [0.1, 0.15) is 21.7 Å². The molecule has 5 heteroatoms. The van der Waals surface area contributed by atoms with Gasteiger partial charge in [0.05, 0.1) is 6.26 Å². The van der Waals surface area contributed by atoms with E-state index in [1.54, 1.807) is 18.2 Å². The number of furan rings is 1. The Balaban J connectivity index is 1.90. The van der Waals surface area contributed by atoms with Gasteiger partial charge in [-0.25, -0.2) is 9.18 Å². The summed E-state index contributed by atoms with van der Waals surface area (Å²) in [6.45, 7) is 0.917. The predicted molar refractivity (Wildman–Crippen MR) is 62.6 cm³/mol. The van der Waals surface area contributed by atoms with E-state index >= 15 is 0 Å². The van der Waals surface area contributed by atoms with Crippen molar-refractivity contribution in [2.24, 2.45) is 0 Å². The van der Waals surface area contributed by atoms with Gasteiger partial charge in [0.15, 0.2) is 0 Å². The Morgan fingerprint density at radius 3 is 2.61 bits per heavy atom. The van der Waals surface area contributed by atoms with Crippen molar-refractivity contribution in [1.82, 2.24) is 5.32 Å². The lowest BCUT2D eigenvalue weighted by atomic mass is 10.2. The maximum absolute atomic E-state index is 12.7. The Bertz CT molecular complexity index is 533. The third-order valence-electron chi connectivity index (χ3n) is 2.50. The first-order chi connectivity index (χ1) is 8.66. The van der Waals surface area contributed by atoms with Gasteiger partial charge in [0.1, 0.15) is 5.82 Å². The molecule has 0 radical (unpaired) electrons. The molecule has 0 bridgehead atoms. The van der Waals surface area contributed by atoms with Gasteiger partial charge in [-0.05, 0) is 23.8 Å². The number of aromatic carboxylic acids is 1. The molecule has 2 N–H and O–H groups in total. The van der Waals surface area contributed by atoms with Gasteiger partial charge < -0.3 is 14.8 Å². The molecule has 0 spiro atoms. The highest BCUT2D eigenvalue weighted by Crippen LogP contribution is 2.10. The lowest BCUT2D eigenvalue weighted by Gasteiger charge is -2.04. The van der Waals surface area contributed by atoms with Crippen LogP contribution in [-0.4, -0.2) is 11.1 Å². The number of hydrogen-bond acceptors (Lipinski definition) is 3. The summed E-state index contributed by atoms with van der Waals surface area (Å²) in [6, 6.07) is 7.74. The van der Waals surface area contributed by atoms with E-state index in [0.717, 1.165) is 5.56 Å². The predicted octanol–water partition coefficient (Wildman–Crippen LogP) is 2.41. The molecule has 0 atom stereocenters. The Morgan fingerprint density at radius 2 is 1.94 bits per heavy atom. The van der Waals surface area contributed by atoms with E-state index in [4.69, 9.17) is 9.52 Å². The zero-order valence-corrected chi connectivity index (χ0v) is 9.52. The number of carboxylic acids is 1. The first kappa shape index (κ1) is 12.3. The summed E-state index contributed by atoms with van der Waals surface area (Å²) < 4.78 is 17.5. The number of halogens is 1. The van der Waals surface area contributed by atoms with Crippen LogP contribution in [0.5, 0.6) is 0 Å². The zero-order valence-electron chi connectivity index (χ0n) is 9.52. The zero-order chi connectivity index (χ0) is 13.0. The molecule has 0 saturated heterocycles. The third-order valence-corrected chi connectivity index (χ3v) is 2.50. The molecule has 0 amide bonds. The van der Waals surface area contributed by atoms with E-state index in [1.165, 1.54) is 18.4 Å². The highest BCUT2D eigenvalue weighted by atomic mass is 19.1. The minimum absolute atomic E-state index is 0.0541. The summed E-state index contributed by atoms with van der Waals surface area (Å²) in [7, 11) is 0. The summed E-state index contributed by atoms with van der Waals surface area (Å²) in [6.07, 6.45) is 1.35. The second-order valence-electron chi connectivity index (χ2n) is 3.81. The van der Waals surface area contributed by atoms with Crippen molar-refractivity contribution in [2.75, 3.05) is 0 Å². The first-order valence-electron chi connectivity index (χ1n) is 5.41. The monoisotopic (exact) mass is 249 g/mol. The van der Waals surface area contributed by atoms with Crippen molar-refractivity contribution >= 4 is 5.97 Å². The fourth-order valence-electron chi connectivity index (χ4n) is 1.61. The number of carboxylic acid groups (broad SMARTS) is 1. The van der Waals surface area contributed by atoms with Crippen LogP contribution in [-0.2, 0) is 13.1 Å². The van der Waals surface area contributed by atoms with E-state index in [0.29, 0.717) is 18.7 Å². The molecule has 94 valence electrons. The lowest BCUT2D eigenvalue weighted by molar-refractivity contribution is 0.0660. The van der Waals surface area contributed by atoms with Crippen LogP contribution in [0.25, 0.3) is 0 Å². The molecule has 1 aromatic heterocycles. The second kappa shape index (κ2) is 5.46. The fourth-order valence-corrected chi connectivity index (χ4v) is 1.61. The van der Waals surface area contributed by atoms with Gasteiger partial charge in [-0.3, -0.25) is 0 Å². The van der Waals surface area contributed by atoms with Crippen molar-refractivity contribution in [3.63, 3.8) is 0 Å². The van der Waals surface area contributed by atoms with E-state index in [2.05, 4.69) is 5.32 Å². The lowest BCUT2D eigenvalue weighted by Crippen LogP contribution is -2.14. The van der Waals surface area contributed by atoms with Crippen molar-refractivity contribution in [2.45, 2.75) is 13.1 Å². The minimum atomic E-state index is -1.08. The van der Waals surface area contributed by atoms with Crippen LogP contribution in [0.15, 0.2) is 41.0 Å². The van der Waals surface area contributed by atoms with E-state index in [1.807, 2.05) is 0 Å². The van der Waals surface area contributed by atoms with Gasteiger partial charge in [-0.15, -0.1) is 0 Å². The molecule has 2 aromatic rings. The van der Waals surface area contributed by atoms with Crippen LogP contribution in [0, 0.1) is 5.82 Å². The highest BCUT2D eigenvalue weighted by Gasteiger charge is 2.12. The summed E-state index contributed by atoms with van der Waals surface area (Å²) >= 11 is 0. The molecule has 18 heavy (non-hydrogen) atoms. The van der Waals surface area contributed by atoms with Gasteiger partial charge >= 0.3 is 5.97 Å². The van der Waals surface area contributed by atoms with Gasteiger partial charge in [0.25, 0.3) is 0 Å². The fraction of sp³-hybridized carbons (Fsp3) is 0.154. The molecule has 0 aliphatic carbocycles. The normalized spacial score (nSPS) is 10.5. The second-order valence-corrected chi connectivity index (χ2v) is 3.81. The van der Waals surface area contributed by atoms with E-state index in [9.17, 15) is 9.18 Å². The molecule has 1 heterocycles. The quantitative estimate of drug-likeness (QED) is 0.854. The number of nitrogens with one attached hydrogen (secondary N) is 1.